The number of aromatic nitrogens is 1. The first-order valence-electron chi connectivity index (χ1n) is 4.13. The number of hydrogen-bond acceptors (Lipinski definition) is 3. The maximum Gasteiger partial charge on any atom is 0.305 e. The number of H-pyrrole nitrogens is 1. The lowest BCUT2D eigenvalue weighted by atomic mass is 10.3. The van der Waals surface area contributed by atoms with Crippen LogP contribution in [0.4, 0.5) is 0 Å². The van der Waals surface area contributed by atoms with Crippen molar-refractivity contribution in [3.05, 3.63) is 20.2 Å². The van der Waals surface area contributed by atoms with Crippen LogP contribution in [0.3, 0.4) is 0 Å². The third-order valence-corrected chi connectivity index (χ3v) is 2.55. The average molecular weight is 200 g/mol. The molecule has 1 amide bonds. The van der Waals surface area contributed by atoms with Gasteiger partial charge in [0.1, 0.15) is 4.88 Å². The van der Waals surface area contributed by atoms with Gasteiger partial charge in [-0.25, -0.2) is 0 Å². The van der Waals surface area contributed by atoms with Crippen LogP contribution in [0.25, 0.3) is 0 Å². The Balaban J connectivity index is 2.76. The van der Waals surface area contributed by atoms with Gasteiger partial charge in [0.25, 0.3) is 5.91 Å². The van der Waals surface area contributed by atoms with E-state index in [1.54, 1.807) is 6.92 Å². The monoisotopic (exact) mass is 200 g/mol. The molecule has 0 radical (unpaired) electrons. The Morgan fingerprint density at radius 3 is 2.77 bits per heavy atom. The second-order valence-electron chi connectivity index (χ2n) is 2.72. The van der Waals surface area contributed by atoms with Gasteiger partial charge in [0.15, 0.2) is 0 Å². The van der Waals surface area contributed by atoms with Crippen molar-refractivity contribution in [3.63, 3.8) is 0 Å². The van der Waals surface area contributed by atoms with Crippen LogP contribution in [0.1, 0.15) is 28.7 Å². The molecule has 0 aliphatic heterocycles. The van der Waals surface area contributed by atoms with Gasteiger partial charge >= 0.3 is 4.87 Å². The van der Waals surface area contributed by atoms with Crippen molar-refractivity contribution >= 4 is 17.2 Å². The Morgan fingerprint density at radius 1 is 1.62 bits per heavy atom. The Labute approximate surface area is 80.0 Å². The summed E-state index contributed by atoms with van der Waals surface area (Å²) in [6.07, 6.45) is 0.893. The number of hydrogen-bond donors (Lipinski definition) is 2. The summed E-state index contributed by atoms with van der Waals surface area (Å²) in [5.41, 5.74) is 0.642. The van der Waals surface area contributed by atoms with Crippen LogP contribution < -0.4 is 10.2 Å². The van der Waals surface area contributed by atoms with E-state index in [4.69, 9.17) is 0 Å². The zero-order chi connectivity index (χ0) is 9.84. The van der Waals surface area contributed by atoms with Crippen molar-refractivity contribution in [1.29, 1.82) is 0 Å². The first kappa shape index (κ1) is 9.98. The van der Waals surface area contributed by atoms with Gasteiger partial charge in [-0.3, -0.25) is 9.59 Å². The molecule has 0 bridgehead atoms. The van der Waals surface area contributed by atoms with Gasteiger partial charge in [0, 0.05) is 12.2 Å². The van der Waals surface area contributed by atoms with Crippen molar-refractivity contribution in [1.82, 2.24) is 10.3 Å². The highest BCUT2D eigenvalue weighted by Gasteiger charge is 2.11. The van der Waals surface area contributed by atoms with E-state index in [2.05, 4.69) is 10.3 Å². The summed E-state index contributed by atoms with van der Waals surface area (Å²) in [6.45, 7) is 4.34. The quantitative estimate of drug-likeness (QED) is 0.761. The molecule has 1 aromatic rings. The number of carbonyl (C=O) groups is 1. The van der Waals surface area contributed by atoms with Crippen molar-refractivity contribution in [3.8, 4) is 0 Å². The molecule has 4 nitrogen and oxygen atoms in total. The van der Waals surface area contributed by atoms with E-state index in [1.807, 2.05) is 6.92 Å². The van der Waals surface area contributed by atoms with Gasteiger partial charge in [0.2, 0.25) is 0 Å². The van der Waals surface area contributed by atoms with Crippen molar-refractivity contribution in [2.24, 2.45) is 0 Å². The van der Waals surface area contributed by atoms with Crippen molar-refractivity contribution in [2.45, 2.75) is 20.3 Å². The number of rotatable bonds is 3. The van der Waals surface area contributed by atoms with Gasteiger partial charge in [-0.2, -0.15) is 0 Å². The van der Waals surface area contributed by atoms with Crippen molar-refractivity contribution in [2.75, 3.05) is 6.54 Å². The summed E-state index contributed by atoms with van der Waals surface area (Å²) >= 11 is 0.950. The minimum atomic E-state index is -0.181. The van der Waals surface area contributed by atoms with E-state index in [9.17, 15) is 9.59 Å². The molecule has 0 saturated heterocycles. The summed E-state index contributed by atoms with van der Waals surface area (Å²) in [7, 11) is 0. The molecule has 13 heavy (non-hydrogen) atoms. The van der Waals surface area contributed by atoms with Gasteiger partial charge < -0.3 is 10.3 Å². The molecule has 0 aromatic carbocycles. The molecule has 0 atom stereocenters. The second-order valence-corrected chi connectivity index (χ2v) is 3.71. The minimum absolute atomic E-state index is 0.164. The van der Waals surface area contributed by atoms with Crippen LogP contribution in [-0.4, -0.2) is 17.4 Å². The number of amides is 1. The maximum absolute atomic E-state index is 11.4. The summed E-state index contributed by atoms with van der Waals surface area (Å²) in [5, 5.41) is 2.72. The predicted octanol–water partition coefficient (Wildman–Crippen LogP) is 0.885. The third kappa shape index (κ3) is 2.42. The molecule has 0 aliphatic carbocycles. The van der Waals surface area contributed by atoms with Crippen LogP contribution in [0.5, 0.6) is 0 Å². The Hall–Kier alpha value is -1.10. The lowest BCUT2D eigenvalue weighted by molar-refractivity contribution is 0.0957. The van der Waals surface area contributed by atoms with Gasteiger partial charge in [-0.05, 0) is 13.3 Å². The van der Waals surface area contributed by atoms with Crippen LogP contribution >= 0.6 is 11.3 Å². The number of thiazole rings is 1. The Kier molecular flexibility index (Phi) is 3.25. The fourth-order valence-electron chi connectivity index (χ4n) is 0.940. The summed E-state index contributed by atoms with van der Waals surface area (Å²) in [4.78, 5) is 25.1. The molecule has 0 unspecified atom stereocenters. The maximum atomic E-state index is 11.4. The van der Waals surface area contributed by atoms with Gasteiger partial charge in [0.05, 0.1) is 0 Å². The highest BCUT2D eigenvalue weighted by atomic mass is 32.1. The number of aryl methyl sites for hydroxylation is 1. The summed E-state index contributed by atoms with van der Waals surface area (Å²) in [5.74, 6) is -0.164. The smallest absolute Gasteiger partial charge is 0.305 e. The molecule has 0 saturated carbocycles. The van der Waals surface area contributed by atoms with Crippen LogP contribution in [0.15, 0.2) is 4.79 Å². The lowest BCUT2D eigenvalue weighted by Gasteiger charge is -2.00. The van der Waals surface area contributed by atoms with E-state index in [0.717, 1.165) is 17.8 Å². The van der Waals surface area contributed by atoms with Gasteiger partial charge in [-0.1, -0.05) is 18.3 Å². The molecule has 0 fully saturated rings. The number of carbonyl (C=O) groups excluding carboxylic acids is 1. The lowest BCUT2D eigenvalue weighted by Crippen LogP contribution is -2.23. The second kappa shape index (κ2) is 4.23. The van der Waals surface area contributed by atoms with E-state index < -0.39 is 0 Å². The van der Waals surface area contributed by atoms with E-state index in [-0.39, 0.29) is 10.8 Å². The van der Waals surface area contributed by atoms with Crippen LogP contribution in [0.2, 0.25) is 0 Å². The topological polar surface area (TPSA) is 62.0 Å². The standard InChI is InChI=1S/C8H12N2O2S/c1-3-4-9-7(11)6-5(2)10-8(12)13-6/h3-4H2,1-2H3,(H,9,11)(H,10,12). The highest BCUT2D eigenvalue weighted by molar-refractivity contribution is 7.11. The molecule has 5 heteroatoms. The fourth-order valence-corrected chi connectivity index (χ4v) is 1.70. The van der Waals surface area contributed by atoms with Crippen LogP contribution in [-0.2, 0) is 0 Å². The first-order chi connectivity index (χ1) is 6.15. The zero-order valence-electron chi connectivity index (χ0n) is 7.64. The van der Waals surface area contributed by atoms with E-state index in [1.165, 1.54) is 0 Å². The molecule has 0 spiro atoms. The molecule has 2 N–H and O–H groups in total. The molecular weight excluding hydrogens is 188 g/mol. The molecule has 0 aliphatic rings. The fraction of sp³-hybridized carbons (Fsp3) is 0.500. The normalized spacial score (nSPS) is 10.0. The highest BCUT2D eigenvalue weighted by Crippen LogP contribution is 2.06. The predicted molar refractivity (Wildman–Crippen MR) is 52.3 cm³/mol. The van der Waals surface area contributed by atoms with E-state index in [0.29, 0.717) is 17.1 Å². The summed E-state index contributed by atoms with van der Waals surface area (Å²) in [6, 6.07) is 0. The van der Waals surface area contributed by atoms with Gasteiger partial charge in [-0.15, -0.1) is 0 Å². The SMILES string of the molecule is CCCNC(=O)c1sc(=O)[nH]c1C. The number of nitrogens with one attached hydrogen (secondary N) is 2. The zero-order valence-corrected chi connectivity index (χ0v) is 8.46. The summed E-state index contributed by atoms with van der Waals surface area (Å²) < 4.78 is 0. The molecule has 1 rings (SSSR count). The molecule has 1 aromatic heterocycles. The van der Waals surface area contributed by atoms with Crippen molar-refractivity contribution < 1.29 is 4.79 Å². The third-order valence-electron chi connectivity index (χ3n) is 1.57. The molecular formula is C8H12N2O2S. The molecule has 72 valence electrons. The largest absolute Gasteiger partial charge is 0.351 e. The van der Waals surface area contributed by atoms with E-state index >= 15 is 0 Å². The number of aromatic amines is 1. The minimum Gasteiger partial charge on any atom is -0.351 e. The van der Waals surface area contributed by atoms with Crippen LogP contribution in [0, 0.1) is 6.92 Å². The Bertz CT molecular complexity index is 353. The first-order valence-corrected chi connectivity index (χ1v) is 4.94. The Morgan fingerprint density at radius 2 is 2.31 bits per heavy atom. The molecule has 1 heterocycles. The average Bonchev–Trinajstić information content (AvgIpc) is 2.41.